The molecule has 0 spiro atoms. The molecule has 90 valence electrons. The molecule has 1 aliphatic rings. The van der Waals surface area contributed by atoms with Gasteiger partial charge in [0.05, 0.1) is 23.9 Å². The third-order valence-electron chi connectivity index (χ3n) is 3.36. The van der Waals surface area contributed by atoms with Crippen LogP contribution >= 0.6 is 11.3 Å². The fraction of sp³-hybridized carbons (Fsp3) is 0.462. The molecule has 17 heavy (non-hydrogen) atoms. The summed E-state index contributed by atoms with van der Waals surface area (Å²) in [5.74, 6) is 0. The number of rotatable bonds is 2. The summed E-state index contributed by atoms with van der Waals surface area (Å²) in [5, 5.41) is 12.1. The van der Waals surface area contributed by atoms with Crippen molar-refractivity contribution in [3.63, 3.8) is 0 Å². The van der Waals surface area contributed by atoms with E-state index in [2.05, 4.69) is 27.3 Å². The maximum Gasteiger partial charge on any atom is 0.0807 e. The number of thiazole rings is 1. The van der Waals surface area contributed by atoms with E-state index in [4.69, 9.17) is 0 Å². The van der Waals surface area contributed by atoms with Crippen molar-refractivity contribution < 1.29 is 5.11 Å². The first-order chi connectivity index (χ1) is 8.33. The van der Waals surface area contributed by atoms with Gasteiger partial charge in [-0.1, -0.05) is 6.42 Å². The summed E-state index contributed by atoms with van der Waals surface area (Å²) >= 11 is 1.62. The highest BCUT2D eigenvalue weighted by Gasteiger charge is 2.18. The third-order valence-corrected chi connectivity index (χ3v) is 3.99. The van der Waals surface area contributed by atoms with Crippen molar-refractivity contribution in [2.75, 3.05) is 0 Å². The van der Waals surface area contributed by atoms with E-state index in [1.54, 1.807) is 11.3 Å². The monoisotopic (exact) mass is 248 g/mol. The Bertz CT molecular complexity index is 489. The molecule has 0 fully saturated rings. The second-order valence-corrected chi connectivity index (χ2v) is 5.37. The molecule has 3 rings (SSSR count). The van der Waals surface area contributed by atoms with Gasteiger partial charge in [0.1, 0.15) is 0 Å². The van der Waals surface area contributed by atoms with Gasteiger partial charge in [-0.2, -0.15) is 0 Å². The van der Waals surface area contributed by atoms with Crippen LogP contribution in [-0.2, 0) is 13.0 Å². The van der Waals surface area contributed by atoms with Crippen LogP contribution in [0.2, 0.25) is 0 Å². The number of hydrogen-bond donors (Lipinski definition) is 1. The number of aliphatic hydroxyl groups excluding tert-OH is 1. The number of aromatic nitrogens is 2. The zero-order chi connectivity index (χ0) is 11.7. The maximum absolute atomic E-state index is 10.1. The standard InChI is InChI=1S/C13H16N2OS/c16-13-4-2-1-3-10-5-15(7-12(10)13)6-11-8-17-9-14-11/h5,7-9,13,16H,1-4,6H2. The van der Waals surface area contributed by atoms with E-state index >= 15 is 0 Å². The van der Waals surface area contributed by atoms with Crippen molar-refractivity contribution in [2.24, 2.45) is 0 Å². The molecule has 1 atom stereocenters. The SMILES string of the molecule is OC1CCCCc2cn(Cc3cscn3)cc21. The van der Waals surface area contributed by atoms with E-state index in [1.807, 2.05) is 5.51 Å². The van der Waals surface area contributed by atoms with E-state index in [1.165, 1.54) is 12.0 Å². The first-order valence-electron chi connectivity index (χ1n) is 6.06. The van der Waals surface area contributed by atoms with Gasteiger partial charge in [0.15, 0.2) is 0 Å². The highest BCUT2D eigenvalue weighted by Crippen LogP contribution is 2.29. The first-order valence-corrected chi connectivity index (χ1v) is 7.01. The number of aryl methyl sites for hydroxylation is 1. The van der Waals surface area contributed by atoms with E-state index in [0.717, 1.165) is 37.1 Å². The number of hydrogen-bond acceptors (Lipinski definition) is 3. The predicted molar refractivity (Wildman–Crippen MR) is 68.2 cm³/mol. The Kier molecular flexibility index (Phi) is 2.99. The summed E-state index contributed by atoms with van der Waals surface area (Å²) < 4.78 is 2.15. The second-order valence-electron chi connectivity index (χ2n) is 4.65. The van der Waals surface area contributed by atoms with E-state index in [9.17, 15) is 5.11 Å². The molecule has 0 bridgehead atoms. The fourth-order valence-corrected chi connectivity index (χ4v) is 3.03. The van der Waals surface area contributed by atoms with Crippen LogP contribution in [0.15, 0.2) is 23.3 Å². The third kappa shape index (κ3) is 2.28. The molecule has 2 aromatic heterocycles. The molecule has 0 saturated carbocycles. The molecule has 1 aliphatic carbocycles. The molecule has 0 radical (unpaired) electrons. The largest absolute Gasteiger partial charge is 0.388 e. The number of nitrogens with zero attached hydrogens (tertiary/aromatic N) is 2. The number of fused-ring (bicyclic) bond motifs is 1. The lowest BCUT2D eigenvalue weighted by molar-refractivity contribution is 0.166. The van der Waals surface area contributed by atoms with E-state index in [0.29, 0.717) is 0 Å². The predicted octanol–water partition coefficient (Wildman–Crippen LogP) is 2.75. The summed E-state index contributed by atoms with van der Waals surface area (Å²) in [7, 11) is 0. The maximum atomic E-state index is 10.1. The Labute approximate surface area is 105 Å². The summed E-state index contributed by atoms with van der Waals surface area (Å²) in [6.07, 6.45) is 8.29. The normalized spacial score (nSPS) is 19.9. The molecule has 0 amide bonds. The molecule has 2 aromatic rings. The molecule has 4 heteroatoms. The van der Waals surface area contributed by atoms with Crippen LogP contribution in [0, 0.1) is 0 Å². The molecule has 0 aromatic carbocycles. The first kappa shape index (κ1) is 11.0. The summed E-state index contributed by atoms with van der Waals surface area (Å²) in [6.45, 7) is 0.809. The van der Waals surface area contributed by atoms with Gasteiger partial charge in [0.2, 0.25) is 0 Å². The summed E-state index contributed by atoms with van der Waals surface area (Å²) in [4.78, 5) is 4.29. The minimum Gasteiger partial charge on any atom is -0.388 e. The van der Waals surface area contributed by atoms with E-state index < -0.39 is 0 Å². The molecular formula is C13H16N2OS. The van der Waals surface area contributed by atoms with Gasteiger partial charge in [0.25, 0.3) is 0 Å². The van der Waals surface area contributed by atoms with Crippen LogP contribution in [-0.4, -0.2) is 14.7 Å². The van der Waals surface area contributed by atoms with Crippen molar-refractivity contribution >= 4 is 11.3 Å². The Morgan fingerprint density at radius 1 is 1.41 bits per heavy atom. The molecule has 3 nitrogen and oxygen atoms in total. The molecular weight excluding hydrogens is 232 g/mol. The molecule has 2 heterocycles. The lowest BCUT2D eigenvalue weighted by Crippen LogP contribution is -1.98. The van der Waals surface area contributed by atoms with E-state index in [-0.39, 0.29) is 6.10 Å². The van der Waals surface area contributed by atoms with Gasteiger partial charge in [-0.25, -0.2) is 4.98 Å². The van der Waals surface area contributed by atoms with Crippen molar-refractivity contribution in [2.45, 2.75) is 38.3 Å². The Morgan fingerprint density at radius 3 is 3.18 bits per heavy atom. The molecule has 0 saturated heterocycles. The van der Waals surface area contributed by atoms with Crippen molar-refractivity contribution in [3.8, 4) is 0 Å². The zero-order valence-corrected chi connectivity index (χ0v) is 10.5. The zero-order valence-electron chi connectivity index (χ0n) is 9.67. The van der Waals surface area contributed by atoms with Crippen LogP contribution in [0.25, 0.3) is 0 Å². The average molecular weight is 248 g/mol. The van der Waals surface area contributed by atoms with Crippen molar-refractivity contribution in [1.82, 2.24) is 9.55 Å². The highest BCUT2D eigenvalue weighted by molar-refractivity contribution is 7.07. The second kappa shape index (κ2) is 4.63. The van der Waals surface area contributed by atoms with Crippen LogP contribution < -0.4 is 0 Å². The Balaban J connectivity index is 1.86. The smallest absolute Gasteiger partial charge is 0.0807 e. The van der Waals surface area contributed by atoms with Crippen LogP contribution in [0.3, 0.4) is 0 Å². The Hall–Kier alpha value is -1.13. The summed E-state index contributed by atoms with van der Waals surface area (Å²) in [5.41, 5.74) is 5.39. The highest BCUT2D eigenvalue weighted by atomic mass is 32.1. The van der Waals surface area contributed by atoms with Gasteiger partial charge in [0, 0.05) is 23.3 Å². The van der Waals surface area contributed by atoms with Crippen LogP contribution in [0.1, 0.15) is 42.2 Å². The van der Waals surface area contributed by atoms with Crippen LogP contribution in [0.5, 0.6) is 0 Å². The topological polar surface area (TPSA) is 38.0 Å². The minimum atomic E-state index is -0.274. The lowest BCUT2D eigenvalue weighted by atomic mass is 10.1. The van der Waals surface area contributed by atoms with Gasteiger partial charge in [-0.05, 0) is 24.8 Å². The molecule has 1 unspecified atom stereocenters. The van der Waals surface area contributed by atoms with Gasteiger partial charge < -0.3 is 9.67 Å². The quantitative estimate of drug-likeness (QED) is 0.830. The Morgan fingerprint density at radius 2 is 2.35 bits per heavy atom. The van der Waals surface area contributed by atoms with Crippen molar-refractivity contribution in [3.05, 3.63) is 40.1 Å². The lowest BCUT2D eigenvalue weighted by Gasteiger charge is -2.06. The fourth-order valence-electron chi connectivity index (χ4n) is 2.49. The number of aliphatic hydroxyl groups is 1. The average Bonchev–Trinajstić information content (AvgIpc) is 2.92. The molecule has 0 aliphatic heterocycles. The molecule has 1 N–H and O–H groups in total. The van der Waals surface area contributed by atoms with Gasteiger partial charge in [-0.15, -0.1) is 11.3 Å². The van der Waals surface area contributed by atoms with Crippen LogP contribution in [0.4, 0.5) is 0 Å². The van der Waals surface area contributed by atoms with Gasteiger partial charge >= 0.3 is 0 Å². The van der Waals surface area contributed by atoms with Gasteiger partial charge in [-0.3, -0.25) is 0 Å². The van der Waals surface area contributed by atoms with Crippen molar-refractivity contribution in [1.29, 1.82) is 0 Å². The minimum absolute atomic E-state index is 0.274. The summed E-state index contributed by atoms with van der Waals surface area (Å²) in [6, 6.07) is 0.